The van der Waals surface area contributed by atoms with Gasteiger partial charge in [-0.3, -0.25) is 9.48 Å². The van der Waals surface area contributed by atoms with E-state index in [1.807, 2.05) is 9.42 Å². The molecule has 3 aromatic heterocycles. The lowest BCUT2D eigenvalue weighted by atomic mass is 10.1. The first-order chi connectivity index (χ1) is 16.2. The number of carbonyl (C=O) groups excluding carboxylic acids is 1. The van der Waals surface area contributed by atoms with Crippen molar-refractivity contribution in [3.05, 3.63) is 48.0 Å². The third kappa shape index (κ3) is 4.23. The summed E-state index contributed by atoms with van der Waals surface area (Å²) in [6, 6.07) is 8.08. The molecular formula is C23H27FN8OS. The van der Waals surface area contributed by atoms with Crippen LogP contribution in [0.5, 0.6) is 0 Å². The number of nitrogens with zero attached hydrogens (tertiary/aromatic N) is 7. The molecule has 178 valence electrons. The van der Waals surface area contributed by atoms with Crippen LogP contribution in [0.15, 0.2) is 36.5 Å². The third-order valence-corrected chi connectivity index (χ3v) is 6.65. The number of nitrogens with one attached hydrogen (secondary N) is 1. The van der Waals surface area contributed by atoms with Gasteiger partial charge in [0.25, 0.3) is 5.91 Å². The topological polar surface area (TPSA) is 83.6 Å². The van der Waals surface area contributed by atoms with Crippen LogP contribution >= 0.6 is 11.3 Å². The molecule has 1 amide bonds. The number of halogens is 1. The summed E-state index contributed by atoms with van der Waals surface area (Å²) in [5.74, 6) is 0.493. The van der Waals surface area contributed by atoms with E-state index in [1.54, 1.807) is 36.1 Å². The van der Waals surface area contributed by atoms with Crippen molar-refractivity contribution < 1.29 is 9.18 Å². The number of benzene rings is 1. The average molecular weight is 483 g/mol. The Balaban J connectivity index is 1.39. The zero-order chi connectivity index (χ0) is 24.0. The molecule has 1 aliphatic rings. The molecule has 1 N–H and O–H groups in total. The van der Waals surface area contributed by atoms with Crippen molar-refractivity contribution in [2.45, 2.75) is 26.3 Å². The Kier molecular flexibility index (Phi) is 5.51. The lowest BCUT2D eigenvalue weighted by molar-refractivity contribution is 0.0735. The van der Waals surface area contributed by atoms with Gasteiger partial charge in [-0.2, -0.15) is 9.61 Å². The van der Waals surface area contributed by atoms with E-state index in [2.05, 4.69) is 36.1 Å². The first kappa shape index (κ1) is 22.3. The fraction of sp³-hybridized carbons (Fsp3) is 0.391. The molecule has 0 radical (unpaired) electrons. The molecule has 1 aromatic carbocycles. The maximum atomic E-state index is 13.5. The number of aromatic nitrogens is 5. The van der Waals surface area contributed by atoms with Gasteiger partial charge in [0.1, 0.15) is 17.2 Å². The molecule has 1 aliphatic heterocycles. The van der Waals surface area contributed by atoms with E-state index in [1.165, 1.54) is 23.5 Å². The molecule has 9 nitrogen and oxygen atoms in total. The Hall–Kier alpha value is -3.47. The summed E-state index contributed by atoms with van der Waals surface area (Å²) >= 11 is 1.51. The van der Waals surface area contributed by atoms with Crippen LogP contribution in [0, 0.1) is 5.82 Å². The summed E-state index contributed by atoms with van der Waals surface area (Å²) in [5.41, 5.74) is 1.95. The predicted octanol–water partition coefficient (Wildman–Crippen LogP) is 3.50. The first-order valence-electron chi connectivity index (χ1n) is 11.2. The third-order valence-electron chi connectivity index (χ3n) is 5.68. The fourth-order valence-corrected chi connectivity index (χ4v) is 4.94. The Morgan fingerprint density at radius 3 is 2.41 bits per heavy atom. The van der Waals surface area contributed by atoms with Crippen molar-refractivity contribution in [3.8, 4) is 11.3 Å². The first-order valence-corrected chi connectivity index (χ1v) is 12.0. The minimum atomic E-state index is -0.281. The summed E-state index contributed by atoms with van der Waals surface area (Å²) in [6.07, 6.45) is 1.64. The summed E-state index contributed by atoms with van der Waals surface area (Å²) in [4.78, 5) is 22.4. The number of anilines is 2. The van der Waals surface area contributed by atoms with Gasteiger partial charge >= 0.3 is 0 Å². The zero-order valence-corrected chi connectivity index (χ0v) is 20.4. The molecule has 0 spiro atoms. The highest BCUT2D eigenvalue weighted by molar-refractivity contribution is 7.20. The van der Waals surface area contributed by atoms with Crippen molar-refractivity contribution in [2.24, 2.45) is 7.05 Å². The highest BCUT2D eigenvalue weighted by Crippen LogP contribution is 2.35. The standard InChI is InChI=1S/C23H27FN8OS/c1-23(2,3)27-19-18(15-5-7-16(24)8-6-15)26-21-32(19)28-22(34-21)31-13-11-30(12-14-31)20(33)17-9-10-25-29(17)4/h5-10,27H,11-14H2,1-4H3. The van der Waals surface area contributed by atoms with E-state index in [0.717, 1.165) is 27.2 Å². The van der Waals surface area contributed by atoms with Crippen LogP contribution in [0.25, 0.3) is 16.2 Å². The van der Waals surface area contributed by atoms with E-state index >= 15 is 0 Å². The van der Waals surface area contributed by atoms with E-state index in [4.69, 9.17) is 10.1 Å². The van der Waals surface area contributed by atoms with Gasteiger partial charge in [-0.1, -0.05) is 11.3 Å². The lowest BCUT2D eigenvalue weighted by Gasteiger charge is -2.34. The molecule has 0 bridgehead atoms. The van der Waals surface area contributed by atoms with Gasteiger partial charge in [0.2, 0.25) is 10.1 Å². The number of fused-ring (bicyclic) bond motifs is 1. The SMILES string of the molecule is Cn1nccc1C(=O)N1CCN(c2nn3c(NC(C)(C)C)c(-c4ccc(F)cc4)nc3s2)CC1. The molecular weight excluding hydrogens is 455 g/mol. The van der Waals surface area contributed by atoms with Gasteiger partial charge in [0.15, 0.2) is 5.82 Å². The molecule has 0 saturated carbocycles. The van der Waals surface area contributed by atoms with Gasteiger partial charge in [0.05, 0.1) is 0 Å². The maximum Gasteiger partial charge on any atom is 0.272 e. The molecule has 4 aromatic rings. The average Bonchev–Trinajstić information content (AvgIpc) is 3.49. The Bertz CT molecular complexity index is 1330. The number of imidazole rings is 1. The minimum Gasteiger partial charge on any atom is -0.364 e. The van der Waals surface area contributed by atoms with Crippen LogP contribution in [-0.2, 0) is 7.05 Å². The Morgan fingerprint density at radius 1 is 1.09 bits per heavy atom. The van der Waals surface area contributed by atoms with Gasteiger partial charge in [-0.15, -0.1) is 5.10 Å². The van der Waals surface area contributed by atoms with E-state index in [-0.39, 0.29) is 17.3 Å². The van der Waals surface area contributed by atoms with Crippen molar-refractivity contribution in [1.29, 1.82) is 0 Å². The highest BCUT2D eigenvalue weighted by atomic mass is 32.1. The van der Waals surface area contributed by atoms with Crippen LogP contribution in [-0.4, -0.2) is 66.9 Å². The van der Waals surface area contributed by atoms with Crippen LogP contribution in [0.2, 0.25) is 0 Å². The molecule has 0 atom stereocenters. The smallest absolute Gasteiger partial charge is 0.272 e. The second kappa shape index (κ2) is 8.39. The zero-order valence-electron chi connectivity index (χ0n) is 19.6. The Labute approximate surface area is 200 Å². The molecule has 5 rings (SSSR count). The minimum absolute atomic E-state index is 0.00538. The number of piperazine rings is 1. The van der Waals surface area contributed by atoms with Crippen LogP contribution in [0.4, 0.5) is 15.3 Å². The summed E-state index contributed by atoms with van der Waals surface area (Å²) < 4.78 is 16.9. The van der Waals surface area contributed by atoms with Crippen LogP contribution in [0.3, 0.4) is 0 Å². The van der Waals surface area contributed by atoms with E-state index in [0.29, 0.717) is 31.9 Å². The quantitative estimate of drug-likeness (QED) is 0.479. The number of carbonyl (C=O) groups is 1. The summed E-state index contributed by atoms with van der Waals surface area (Å²) in [7, 11) is 1.78. The van der Waals surface area contributed by atoms with E-state index < -0.39 is 0 Å². The van der Waals surface area contributed by atoms with Gasteiger partial charge in [0, 0.05) is 50.5 Å². The van der Waals surface area contributed by atoms with Crippen molar-refractivity contribution >= 4 is 33.2 Å². The second-order valence-electron chi connectivity index (χ2n) is 9.39. The van der Waals surface area contributed by atoms with Gasteiger partial charge in [-0.05, 0) is 51.1 Å². The predicted molar refractivity (Wildman–Crippen MR) is 131 cm³/mol. The maximum absolute atomic E-state index is 13.5. The van der Waals surface area contributed by atoms with Crippen molar-refractivity contribution in [2.75, 3.05) is 36.4 Å². The molecule has 4 heterocycles. The fourth-order valence-electron chi connectivity index (χ4n) is 3.99. The highest BCUT2D eigenvalue weighted by Gasteiger charge is 2.27. The number of hydrogen-bond acceptors (Lipinski definition) is 7. The monoisotopic (exact) mass is 482 g/mol. The number of aryl methyl sites for hydroxylation is 1. The van der Waals surface area contributed by atoms with Crippen molar-refractivity contribution in [1.82, 2.24) is 29.3 Å². The van der Waals surface area contributed by atoms with Crippen molar-refractivity contribution in [3.63, 3.8) is 0 Å². The normalized spacial score (nSPS) is 14.7. The summed E-state index contributed by atoms with van der Waals surface area (Å²) in [5, 5.41) is 13.3. The van der Waals surface area contributed by atoms with Gasteiger partial charge < -0.3 is 15.1 Å². The number of rotatable bonds is 4. The molecule has 0 unspecified atom stereocenters. The Morgan fingerprint density at radius 2 is 1.79 bits per heavy atom. The molecule has 1 saturated heterocycles. The molecule has 1 fully saturated rings. The number of amides is 1. The number of hydrogen-bond donors (Lipinski definition) is 1. The molecule has 34 heavy (non-hydrogen) atoms. The summed E-state index contributed by atoms with van der Waals surface area (Å²) in [6.45, 7) is 8.83. The van der Waals surface area contributed by atoms with Crippen LogP contribution in [0.1, 0.15) is 31.3 Å². The van der Waals surface area contributed by atoms with Crippen LogP contribution < -0.4 is 10.2 Å². The lowest BCUT2D eigenvalue weighted by Crippen LogP contribution is -2.49. The second-order valence-corrected chi connectivity index (χ2v) is 10.3. The molecule has 0 aliphatic carbocycles. The largest absolute Gasteiger partial charge is 0.364 e. The molecule has 11 heteroatoms. The van der Waals surface area contributed by atoms with E-state index in [9.17, 15) is 9.18 Å². The van der Waals surface area contributed by atoms with Gasteiger partial charge in [-0.25, -0.2) is 9.37 Å².